The lowest BCUT2D eigenvalue weighted by Crippen LogP contribution is -2.21. The maximum Gasteiger partial charge on any atom is 0.0449 e. The second-order valence-corrected chi connectivity index (χ2v) is 10.7. The maximum atomic E-state index is 2.44. The third kappa shape index (κ3) is 3.14. The van der Waals surface area contributed by atoms with Crippen molar-refractivity contribution in [2.75, 3.05) is 11.9 Å². The Morgan fingerprint density at radius 3 is 2.32 bits per heavy atom. The van der Waals surface area contributed by atoms with Crippen molar-refractivity contribution in [1.29, 1.82) is 0 Å². The number of hydrogen-bond acceptors (Lipinski definition) is 1. The fraction of sp³-hybridized carbons (Fsp3) is 0.273. The smallest absolute Gasteiger partial charge is 0.0449 e. The molecule has 0 amide bonds. The molecule has 4 atom stereocenters. The summed E-state index contributed by atoms with van der Waals surface area (Å²) >= 11 is 0. The number of benzene rings is 4. The van der Waals surface area contributed by atoms with E-state index in [1.807, 2.05) is 0 Å². The highest BCUT2D eigenvalue weighted by Crippen LogP contribution is 2.60. The standard InChI is InChI=1S/C33H31N/c1-34(27-12-7-11-24(21-27)23-9-3-2-4-10-23)32-16-8-15-30-29-14-6-5-13-28(29)25-17-22-18-26(20-25)31(19-22)33(30)32/h2-16,21-22,25-26,31H,17-20H2,1H3. The van der Waals surface area contributed by atoms with Crippen LogP contribution in [0, 0.1) is 11.8 Å². The van der Waals surface area contributed by atoms with Gasteiger partial charge in [-0.15, -0.1) is 0 Å². The fourth-order valence-corrected chi connectivity index (χ4v) is 7.40. The summed E-state index contributed by atoms with van der Waals surface area (Å²) in [5.41, 5.74) is 11.3. The molecule has 1 nitrogen and oxygen atoms in total. The summed E-state index contributed by atoms with van der Waals surface area (Å²) in [6.07, 6.45) is 5.52. The number of anilines is 2. The SMILES string of the molecule is CN(c1cccc(-c2ccccc2)c1)c1cccc2c1C1CC3CC(CC1C3)c1ccccc1-2. The molecule has 34 heavy (non-hydrogen) atoms. The van der Waals surface area contributed by atoms with E-state index in [-0.39, 0.29) is 0 Å². The Balaban J connectivity index is 1.39. The van der Waals surface area contributed by atoms with E-state index in [1.54, 1.807) is 11.1 Å². The molecule has 3 aliphatic rings. The van der Waals surface area contributed by atoms with Gasteiger partial charge in [-0.05, 0) is 101 Å². The van der Waals surface area contributed by atoms with Crippen molar-refractivity contribution >= 4 is 11.4 Å². The van der Waals surface area contributed by atoms with Gasteiger partial charge in [0.2, 0.25) is 0 Å². The Kier molecular flexibility index (Phi) is 4.65. The number of fused-ring (bicyclic) bond motifs is 7. The molecule has 4 unspecified atom stereocenters. The molecule has 3 aliphatic carbocycles. The van der Waals surface area contributed by atoms with Gasteiger partial charge in [0, 0.05) is 18.4 Å². The fourth-order valence-electron chi connectivity index (χ4n) is 7.40. The van der Waals surface area contributed by atoms with Gasteiger partial charge in [0.15, 0.2) is 0 Å². The van der Waals surface area contributed by atoms with E-state index in [1.165, 1.54) is 59.3 Å². The molecule has 168 valence electrons. The Morgan fingerprint density at radius 1 is 0.647 bits per heavy atom. The van der Waals surface area contributed by atoms with Crippen LogP contribution < -0.4 is 4.90 Å². The van der Waals surface area contributed by atoms with Crippen LogP contribution in [0.1, 0.15) is 48.6 Å². The molecule has 2 fully saturated rings. The molecule has 4 aromatic carbocycles. The second-order valence-electron chi connectivity index (χ2n) is 10.7. The third-order valence-corrected chi connectivity index (χ3v) is 8.84. The van der Waals surface area contributed by atoms with Gasteiger partial charge in [-0.25, -0.2) is 0 Å². The van der Waals surface area contributed by atoms with Crippen LogP contribution in [-0.2, 0) is 0 Å². The summed E-state index contributed by atoms with van der Waals surface area (Å²) in [5, 5.41) is 0. The number of hydrogen-bond donors (Lipinski definition) is 0. The van der Waals surface area contributed by atoms with E-state index >= 15 is 0 Å². The third-order valence-electron chi connectivity index (χ3n) is 8.84. The van der Waals surface area contributed by atoms with E-state index in [4.69, 9.17) is 0 Å². The largest absolute Gasteiger partial charge is 0.344 e. The Hall–Kier alpha value is -3.32. The van der Waals surface area contributed by atoms with Gasteiger partial charge in [-0.1, -0.05) is 78.9 Å². The van der Waals surface area contributed by atoms with E-state index in [0.29, 0.717) is 5.92 Å². The van der Waals surface area contributed by atoms with Gasteiger partial charge in [-0.3, -0.25) is 0 Å². The molecule has 3 bridgehead atoms. The molecule has 0 saturated heterocycles. The topological polar surface area (TPSA) is 3.24 Å². The minimum absolute atomic E-state index is 0.675. The quantitative estimate of drug-likeness (QED) is 0.307. The van der Waals surface area contributed by atoms with Gasteiger partial charge >= 0.3 is 0 Å². The zero-order valence-corrected chi connectivity index (χ0v) is 19.8. The highest BCUT2D eigenvalue weighted by atomic mass is 15.1. The van der Waals surface area contributed by atoms with E-state index in [9.17, 15) is 0 Å². The van der Waals surface area contributed by atoms with Crippen LogP contribution >= 0.6 is 0 Å². The highest BCUT2D eigenvalue weighted by Gasteiger charge is 2.45. The Morgan fingerprint density at radius 2 is 1.41 bits per heavy atom. The van der Waals surface area contributed by atoms with E-state index < -0.39 is 0 Å². The first-order chi connectivity index (χ1) is 16.8. The lowest BCUT2D eigenvalue weighted by atomic mass is 9.71. The van der Waals surface area contributed by atoms with Gasteiger partial charge in [0.25, 0.3) is 0 Å². The van der Waals surface area contributed by atoms with Gasteiger partial charge in [0.1, 0.15) is 0 Å². The summed E-state index contributed by atoms with van der Waals surface area (Å²) in [7, 11) is 2.26. The lowest BCUT2D eigenvalue weighted by molar-refractivity contribution is 0.312. The molecule has 0 N–H and O–H groups in total. The highest BCUT2D eigenvalue weighted by molar-refractivity contribution is 5.82. The van der Waals surface area contributed by atoms with Crippen LogP contribution in [0.4, 0.5) is 11.4 Å². The Bertz CT molecular complexity index is 1350. The molecule has 0 spiro atoms. The Labute approximate surface area is 203 Å². The minimum Gasteiger partial charge on any atom is -0.344 e. The van der Waals surface area contributed by atoms with Crippen molar-refractivity contribution in [3.05, 3.63) is 108 Å². The first kappa shape index (κ1) is 20.1. The van der Waals surface area contributed by atoms with Crippen LogP contribution in [0.3, 0.4) is 0 Å². The predicted molar refractivity (Wildman–Crippen MR) is 143 cm³/mol. The van der Waals surface area contributed by atoms with Crippen molar-refractivity contribution in [2.24, 2.45) is 11.8 Å². The zero-order valence-electron chi connectivity index (χ0n) is 19.8. The maximum absolute atomic E-state index is 2.44. The predicted octanol–water partition coefficient (Wildman–Crippen LogP) is 8.79. The number of nitrogens with zero attached hydrogens (tertiary/aromatic N) is 1. The first-order valence-corrected chi connectivity index (χ1v) is 12.9. The monoisotopic (exact) mass is 441 g/mol. The summed E-state index contributed by atoms with van der Waals surface area (Å²) in [6, 6.07) is 36.0. The van der Waals surface area contributed by atoms with E-state index in [2.05, 4.69) is 109 Å². The molecule has 0 radical (unpaired) electrons. The molecular weight excluding hydrogens is 410 g/mol. The van der Waals surface area contributed by atoms with Crippen molar-refractivity contribution in [3.63, 3.8) is 0 Å². The molecule has 2 saturated carbocycles. The summed E-state index contributed by atoms with van der Waals surface area (Å²) in [4.78, 5) is 2.44. The molecule has 4 aromatic rings. The molecule has 0 aromatic heterocycles. The summed E-state index contributed by atoms with van der Waals surface area (Å²) in [6.45, 7) is 0. The second kappa shape index (κ2) is 7.87. The van der Waals surface area contributed by atoms with Crippen molar-refractivity contribution < 1.29 is 0 Å². The lowest BCUT2D eigenvalue weighted by Gasteiger charge is -2.36. The molecule has 7 rings (SSSR count). The van der Waals surface area contributed by atoms with E-state index in [0.717, 1.165) is 17.8 Å². The molecule has 0 heterocycles. The minimum atomic E-state index is 0.675. The average Bonchev–Trinajstić information content (AvgIpc) is 3.22. The van der Waals surface area contributed by atoms with Crippen LogP contribution in [0.15, 0.2) is 97.1 Å². The zero-order chi connectivity index (χ0) is 22.6. The van der Waals surface area contributed by atoms with Crippen molar-refractivity contribution in [2.45, 2.75) is 37.5 Å². The normalized spacial score (nSPS) is 24.1. The van der Waals surface area contributed by atoms with Gasteiger partial charge < -0.3 is 4.90 Å². The van der Waals surface area contributed by atoms with Crippen molar-refractivity contribution in [3.8, 4) is 22.3 Å². The summed E-state index contributed by atoms with van der Waals surface area (Å²) in [5.74, 6) is 3.12. The molecular formula is C33H31N. The number of rotatable bonds is 3. The summed E-state index contributed by atoms with van der Waals surface area (Å²) < 4.78 is 0. The van der Waals surface area contributed by atoms with Crippen LogP contribution in [0.5, 0.6) is 0 Å². The van der Waals surface area contributed by atoms with Crippen molar-refractivity contribution in [1.82, 2.24) is 0 Å². The van der Waals surface area contributed by atoms with Gasteiger partial charge in [-0.2, -0.15) is 0 Å². The molecule has 0 aliphatic heterocycles. The van der Waals surface area contributed by atoms with Crippen LogP contribution in [-0.4, -0.2) is 7.05 Å². The molecule has 1 heteroatoms. The first-order valence-electron chi connectivity index (χ1n) is 12.9. The van der Waals surface area contributed by atoms with Gasteiger partial charge in [0.05, 0.1) is 0 Å². The average molecular weight is 442 g/mol. The van der Waals surface area contributed by atoms with Crippen LogP contribution in [0.2, 0.25) is 0 Å². The van der Waals surface area contributed by atoms with Crippen LogP contribution in [0.25, 0.3) is 22.3 Å².